The minimum atomic E-state index is -0.0648. The van der Waals surface area contributed by atoms with Crippen LogP contribution in [0.15, 0.2) is 24.3 Å². The number of carbonyl (C=O) groups is 2. The zero-order chi connectivity index (χ0) is 19.6. The van der Waals surface area contributed by atoms with Crippen LogP contribution in [0.3, 0.4) is 0 Å². The summed E-state index contributed by atoms with van der Waals surface area (Å²) in [5.74, 6) is 0.366. The van der Waals surface area contributed by atoms with Crippen molar-refractivity contribution in [1.29, 1.82) is 0 Å². The third-order valence-corrected chi connectivity index (χ3v) is 5.36. The molecule has 1 aromatic heterocycles. The van der Waals surface area contributed by atoms with E-state index in [9.17, 15) is 9.59 Å². The van der Waals surface area contributed by atoms with E-state index in [4.69, 9.17) is 0 Å². The maximum atomic E-state index is 12.3. The molecule has 0 bridgehead atoms. The molecule has 1 aromatic carbocycles. The molecule has 0 radical (unpaired) electrons. The lowest BCUT2D eigenvalue weighted by molar-refractivity contribution is -0.122. The molecule has 0 spiro atoms. The van der Waals surface area contributed by atoms with E-state index >= 15 is 0 Å². The molecular formula is C21H28N4O2. The summed E-state index contributed by atoms with van der Waals surface area (Å²) in [6.45, 7) is 10.1. The predicted molar refractivity (Wildman–Crippen MR) is 106 cm³/mol. The van der Waals surface area contributed by atoms with Gasteiger partial charge in [0.1, 0.15) is 6.54 Å². The zero-order valence-electron chi connectivity index (χ0n) is 16.6. The maximum absolute atomic E-state index is 12.3. The van der Waals surface area contributed by atoms with Crippen LogP contribution in [-0.4, -0.2) is 41.1 Å². The topological polar surface area (TPSA) is 67.2 Å². The molecule has 144 valence electrons. The van der Waals surface area contributed by atoms with E-state index in [-0.39, 0.29) is 18.2 Å². The molecule has 1 aliphatic heterocycles. The molecule has 1 aliphatic rings. The number of rotatable bonds is 6. The van der Waals surface area contributed by atoms with Crippen LogP contribution in [0, 0.1) is 26.7 Å². The summed E-state index contributed by atoms with van der Waals surface area (Å²) in [5.41, 5.74) is 4.62. The van der Waals surface area contributed by atoms with Gasteiger partial charge in [0.25, 0.3) is 0 Å². The van der Waals surface area contributed by atoms with E-state index in [1.165, 1.54) is 18.2 Å². The molecular weight excluding hydrogens is 340 g/mol. The normalized spacial score (nSPS) is 16.6. The van der Waals surface area contributed by atoms with Gasteiger partial charge in [0.15, 0.2) is 5.78 Å². The molecule has 1 N–H and O–H groups in total. The molecule has 6 heteroatoms. The molecule has 1 atom stereocenters. The van der Waals surface area contributed by atoms with Gasteiger partial charge in [-0.3, -0.25) is 14.3 Å². The largest absolute Gasteiger partial charge is 0.371 e. The number of Topliss-reactive ketones (excluding diaryl/α,β-unsaturated/α-hetero) is 1. The Morgan fingerprint density at radius 1 is 1.22 bits per heavy atom. The van der Waals surface area contributed by atoms with E-state index in [1.54, 1.807) is 11.6 Å². The molecule has 1 saturated heterocycles. The number of amides is 1. The first kappa shape index (κ1) is 19.1. The van der Waals surface area contributed by atoms with Crippen molar-refractivity contribution >= 4 is 17.4 Å². The Bertz CT molecular complexity index is 856. The lowest BCUT2D eigenvalue weighted by Gasteiger charge is -2.21. The number of aryl methyl sites for hydroxylation is 2. The Kier molecular flexibility index (Phi) is 5.63. The highest BCUT2D eigenvalue weighted by Gasteiger charge is 2.24. The van der Waals surface area contributed by atoms with Crippen molar-refractivity contribution in [2.24, 2.45) is 5.92 Å². The summed E-state index contributed by atoms with van der Waals surface area (Å²) in [6, 6.07) is 8.42. The summed E-state index contributed by atoms with van der Waals surface area (Å²) in [6.07, 6.45) is 1.07. The van der Waals surface area contributed by atoms with Crippen LogP contribution >= 0.6 is 0 Å². The van der Waals surface area contributed by atoms with E-state index in [0.29, 0.717) is 23.7 Å². The van der Waals surface area contributed by atoms with Crippen molar-refractivity contribution in [2.45, 2.75) is 40.7 Å². The number of ketones is 1. The van der Waals surface area contributed by atoms with E-state index in [1.807, 2.05) is 6.92 Å². The van der Waals surface area contributed by atoms with Gasteiger partial charge in [-0.1, -0.05) is 18.2 Å². The number of nitrogens with one attached hydrogen (secondary N) is 1. The maximum Gasteiger partial charge on any atom is 0.241 e. The minimum absolute atomic E-state index is 0.0149. The van der Waals surface area contributed by atoms with Gasteiger partial charge in [-0.2, -0.15) is 5.10 Å². The average Bonchev–Trinajstić information content (AvgIpc) is 3.18. The Balaban J connectivity index is 1.53. The molecule has 6 nitrogen and oxygen atoms in total. The van der Waals surface area contributed by atoms with E-state index in [2.05, 4.69) is 46.5 Å². The third kappa shape index (κ3) is 4.21. The van der Waals surface area contributed by atoms with Gasteiger partial charge in [-0.15, -0.1) is 0 Å². The molecule has 2 aromatic rings. The van der Waals surface area contributed by atoms with Crippen LogP contribution in [0.5, 0.6) is 0 Å². The van der Waals surface area contributed by atoms with Gasteiger partial charge in [0, 0.05) is 31.0 Å². The number of hydrogen-bond acceptors (Lipinski definition) is 4. The molecule has 27 heavy (non-hydrogen) atoms. The number of aromatic nitrogens is 2. The number of nitrogens with zero attached hydrogens (tertiary/aromatic N) is 3. The lowest BCUT2D eigenvalue weighted by atomic mass is 10.1. The Morgan fingerprint density at radius 3 is 2.63 bits per heavy atom. The molecule has 1 amide bonds. The lowest BCUT2D eigenvalue weighted by Crippen LogP contribution is -2.33. The zero-order valence-corrected chi connectivity index (χ0v) is 16.6. The van der Waals surface area contributed by atoms with E-state index in [0.717, 1.165) is 25.2 Å². The fraction of sp³-hybridized carbons (Fsp3) is 0.476. The quantitative estimate of drug-likeness (QED) is 0.796. The molecule has 3 rings (SSSR count). The van der Waals surface area contributed by atoms with Gasteiger partial charge in [0.2, 0.25) is 5.91 Å². The standard InChI is InChI=1S/C21H28N4O2/c1-14-7-5-6-8-19(14)24-10-9-18(12-24)11-22-20(27)13-25-16(3)21(17(4)26)15(2)23-25/h5-8,18H,9-13H2,1-4H3,(H,22,27). The van der Waals surface area contributed by atoms with Crippen LogP contribution in [0.2, 0.25) is 0 Å². The number of anilines is 1. The highest BCUT2D eigenvalue weighted by atomic mass is 16.2. The van der Waals surface area contributed by atoms with Crippen molar-refractivity contribution in [3.05, 3.63) is 46.8 Å². The van der Waals surface area contributed by atoms with Gasteiger partial charge < -0.3 is 10.2 Å². The number of carbonyl (C=O) groups excluding carboxylic acids is 2. The highest BCUT2D eigenvalue weighted by Crippen LogP contribution is 2.26. The summed E-state index contributed by atoms with van der Waals surface area (Å²) in [4.78, 5) is 26.4. The van der Waals surface area contributed by atoms with Gasteiger partial charge >= 0.3 is 0 Å². The second-order valence-corrected chi connectivity index (χ2v) is 7.45. The fourth-order valence-electron chi connectivity index (χ4n) is 3.95. The van der Waals surface area contributed by atoms with Gasteiger partial charge in [-0.25, -0.2) is 0 Å². The van der Waals surface area contributed by atoms with Crippen molar-refractivity contribution in [2.75, 3.05) is 24.5 Å². The summed E-state index contributed by atoms with van der Waals surface area (Å²) < 4.78 is 1.62. The third-order valence-electron chi connectivity index (χ3n) is 5.36. The highest BCUT2D eigenvalue weighted by molar-refractivity contribution is 5.96. The fourth-order valence-corrected chi connectivity index (χ4v) is 3.95. The van der Waals surface area contributed by atoms with Crippen LogP contribution in [0.4, 0.5) is 5.69 Å². The molecule has 1 unspecified atom stereocenters. The van der Waals surface area contributed by atoms with Crippen LogP contribution in [0.25, 0.3) is 0 Å². The number of benzene rings is 1. The average molecular weight is 368 g/mol. The van der Waals surface area contributed by atoms with E-state index < -0.39 is 0 Å². The molecule has 0 saturated carbocycles. The first-order valence-corrected chi connectivity index (χ1v) is 9.49. The summed E-state index contributed by atoms with van der Waals surface area (Å²) in [7, 11) is 0. The minimum Gasteiger partial charge on any atom is -0.371 e. The summed E-state index contributed by atoms with van der Waals surface area (Å²) >= 11 is 0. The van der Waals surface area contributed by atoms with Crippen LogP contribution in [-0.2, 0) is 11.3 Å². The van der Waals surface area contributed by atoms with Crippen LogP contribution in [0.1, 0.15) is 40.7 Å². The second-order valence-electron chi connectivity index (χ2n) is 7.45. The number of para-hydroxylation sites is 1. The predicted octanol–water partition coefficient (Wildman–Crippen LogP) is 2.65. The van der Waals surface area contributed by atoms with Crippen molar-refractivity contribution in [3.63, 3.8) is 0 Å². The molecule has 1 fully saturated rings. The SMILES string of the molecule is CC(=O)c1c(C)nn(CC(=O)NCC2CCN(c3ccccc3C)C2)c1C. The summed E-state index contributed by atoms with van der Waals surface area (Å²) in [5, 5.41) is 7.37. The Morgan fingerprint density at radius 2 is 1.96 bits per heavy atom. The van der Waals surface area contributed by atoms with Crippen molar-refractivity contribution in [1.82, 2.24) is 15.1 Å². The first-order valence-electron chi connectivity index (χ1n) is 9.49. The molecule has 2 heterocycles. The first-order chi connectivity index (χ1) is 12.9. The van der Waals surface area contributed by atoms with Gasteiger partial charge in [-0.05, 0) is 51.7 Å². The Labute approximate surface area is 160 Å². The smallest absolute Gasteiger partial charge is 0.241 e. The Hall–Kier alpha value is -2.63. The van der Waals surface area contributed by atoms with Crippen molar-refractivity contribution in [3.8, 4) is 0 Å². The van der Waals surface area contributed by atoms with Crippen molar-refractivity contribution < 1.29 is 9.59 Å². The monoisotopic (exact) mass is 368 g/mol. The second kappa shape index (κ2) is 7.94. The number of hydrogen-bond donors (Lipinski definition) is 1. The van der Waals surface area contributed by atoms with Crippen LogP contribution < -0.4 is 10.2 Å². The van der Waals surface area contributed by atoms with Gasteiger partial charge in [0.05, 0.1) is 11.3 Å². The molecule has 0 aliphatic carbocycles.